The Morgan fingerprint density at radius 1 is 0.463 bits per heavy atom. The van der Waals surface area contributed by atoms with Crippen molar-refractivity contribution in [3.63, 3.8) is 0 Å². The number of benzene rings is 9. The molecule has 0 amide bonds. The summed E-state index contributed by atoms with van der Waals surface area (Å²) in [4.78, 5) is 34.9. The van der Waals surface area contributed by atoms with Gasteiger partial charge in [-0.15, -0.1) is 0 Å². The Kier molecular flexibility index (Phi) is 26.5. The number of carboxylic acid groups (broad SMARTS) is 2. The number of aliphatic hydroxyl groups excluding tert-OH is 2. The third-order valence-electron chi connectivity index (χ3n) is 12.6. The van der Waals surface area contributed by atoms with E-state index < -0.39 is 35.2 Å². The average molecular weight is 1110 g/mol. The molecule has 0 radical (unpaired) electrons. The van der Waals surface area contributed by atoms with Crippen LogP contribution < -0.4 is 0 Å². The summed E-state index contributed by atoms with van der Waals surface area (Å²) in [6.45, 7) is 10.6. The summed E-state index contributed by atoms with van der Waals surface area (Å²) < 4.78 is 50.4. The Labute approximate surface area is 470 Å². The molecule has 10 nitrogen and oxygen atoms in total. The predicted octanol–water partition coefficient (Wildman–Crippen LogP) is 13.7. The Bertz CT molecular complexity index is 3370. The molecule has 9 aromatic carbocycles. The van der Waals surface area contributed by atoms with E-state index >= 15 is 0 Å². The second-order valence-corrected chi connectivity index (χ2v) is 18.8. The fourth-order valence-corrected chi connectivity index (χ4v) is 8.34. The minimum Gasteiger partial charge on any atom is -0.479 e. The van der Waals surface area contributed by atoms with E-state index in [0.29, 0.717) is 29.7 Å². The lowest BCUT2D eigenvalue weighted by Gasteiger charge is -2.16. The number of halogens is 4. The van der Waals surface area contributed by atoms with Gasteiger partial charge in [0, 0.05) is 24.8 Å². The molecule has 0 aliphatic rings. The van der Waals surface area contributed by atoms with Crippen LogP contribution in [-0.4, -0.2) is 87.1 Å². The van der Waals surface area contributed by atoms with Crippen molar-refractivity contribution in [2.45, 2.75) is 71.6 Å². The van der Waals surface area contributed by atoms with Crippen LogP contribution in [0.2, 0.25) is 0 Å². The van der Waals surface area contributed by atoms with Crippen molar-refractivity contribution in [3.05, 3.63) is 251 Å². The number of nitrogens with zero attached hydrogens (tertiary/aromatic N) is 1. The average Bonchev–Trinajstić information content (AvgIpc) is 3.46. The minimum atomic E-state index is -1.47. The maximum Gasteiger partial charge on any atom is 0.333 e. The Balaban J connectivity index is 0.000000194. The van der Waals surface area contributed by atoms with E-state index in [-0.39, 0.29) is 43.8 Å². The molecule has 0 saturated heterocycles. The molecule has 3 atom stereocenters. The standard InChI is InChI=1S/C20H17FO3.C20H19FO2.C11H7ClO.C9H9FO3.C6H15N/c21-18-7-3-4-14(11-18)12-19(20(22)23)24-13-15-8-9-16-5-1-2-6-17(16)10-15;21-19-7-3-4-15(11-19)12-20(13-22)23-14-16-8-9-17-5-1-2-6-18(17)10-16;12-11(13)10-6-5-8-3-1-2-4-9(8)7-10;10-7-3-1-2-6(4-7)5-8(11)9(12)13;1-4-7(5-2)6-3/h1-11,19H,12-13H2,(H,22,23);1-11,20,22H,12-14H2;1-7H;1-4,8,11H,5H2,(H,12,13);4-6H2,1-3H3/t19-;20-;;8-;/m11.1./s1. The minimum absolute atomic E-state index is 0.0763. The zero-order chi connectivity index (χ0) is 57.8. The van der Waals surface area contributed by atoms with Crippen LogP contribution >= 0.6 is 11.6 Å². The number of carboxylic acids is 2. The predicted molar refractivity (Wildman–Crippen MR) is 311 cm³/mol. The van der Waals surface area contributed by atoms with Crippen molar-refractivity contribution in [3.8, 4) is 0 Å². The summed E-state index contributed by atoms with van der Waals surface area (Å²) in [5, 5.41) is 42.4. The zero-order valence-electron chi connectivity index (χ0n) is 44.9. The Morgan fingerprint density at radius 3 is 1.25 bits per heavy atom. The number of carbonyl (C=O) groups is 3. The molecule has 14 heteroatoms. The normalized spacial score (nSPS) is 11.8. The highest BCUT2D eigenvalue weighted by atomic mass is 35.5. The largest absolute Gasteiger partial charge is 0.479 e. The molecule has 0 aromatic heterocycles. The van der Waals surface area contributed by atoms with E-state index in [4.69, 9.17) is 31.3 Å². The van der Waals surface area contributed by atoms with Crippen LogP contribution in [0.15, 0.2) is 200 Å². The van der Waals surface area contributed by atoms with Crippen molar-refractivity contribution < 1.29 is 57.5 Å². The molecule has 0 unspecified atom stereocenters. The van der Waals surface area contributed by atoms with Crippen molar-refractivity contribution >= 4 is 61.1 Å². The van der Waals surface area contributed by atoms with Gasteiger partial charge in [-0.05, 0) is 152 Å². The van der Waals surface area contributed by atoms with Gasteiger partial charge in [-0.1, -0.05) is 160 Å². The monoisotopic (exact) mass is 1110 g/mol. The lowest BCUT2D eigenvalue weighted by Crippen LogP contribution is -2.26. The lowest BCUT2D eigenvalue weighted by atomic mass is 10.1. The van der Waals surface area contributed by atoms with Crippen LogP contribution in [0.5, 0.6) is 0 Å². The fraction of sp³-hybridized carbons (Fsp3) is 0.227. The maximum atomic E-state index is 13.2. The van der Waals surface area contributed by atoms with E-state index in [0.717, 1.165) is 38.2 Å². The van der Waals surface area contributed by atoms with Gasteiger partial charge < -0.3 is 34.8 Å². The summed E-state index contributed by atoms with van der Waals surface area (Å²) in [5.41, 5.74) is 4.39. The topological polar surface area (TPSA) is 154 Å². The number of ether oxygens (including phenoxy) is 2. The van der Waals surface area contributed by atoms with E-state index in [1.165, 1.54) is 72.9 Å². The smallest absolute Gasteiger partial charge is 0.333 e. The van der Waals surface area contributed by atoms with Gasteiger partial charge in [0.15, 0.2) is 12.2 Å². The van der Waals surface area contributed by atoms with Crippen LogP contribution in [-0.2, 0) is 51.5 Å². The molecule has 0 aliphatic carbocycles. The molecule has 0 fully saturated rings. The molecule has 418 valence electrons. The van der Waals surface area contributed by atoms with E-state index in [1.54, 1.807) is 36.4 Å². The fourth-order valence-electron chi connectivity index (χ4n) is 8.22. The highest BCUT2D eigenvalue weighted by Crippen LogP contribution is 2.21. The lowest BCUT2D eigenvalue weighted by molar-refractivity contribution is -0.151. The van der Waals surface area contributed by atoms with Crippen LogP contribution in [0.4, 0.5) is 13.2 Å². The van der Waals surface area contributed by atoms with Gasteiger partial charge >= 0.3 is 11.9 Å². The molecular formula is C66H67ClF3NO9. The molecule has 0 bridgehead atoms. The van der Waals surface area contributed by atoms with Gasteiger partial charge in [-0.25, -0.2) is 22.8 Å². The van der Waals surface area contributed by atoms with Gasteiger partial charge in [0.05, 0.1) is 25.9 Å². The van der Waals surface area contributed by atoms with E-state index in [2.05, 4.69) is 49.9 Å². The first-order chi connectivity index (χ1) is 38.6. The number of carbonyl (C=O) groups excluding carboxylic acids is 1. The van der Waals surface area contributed by atoms with Crippen LogP contribution in [0.25, 0.3) is 32.3 Å². The number of aliphatic carboxylic acids is 2. The van der Waals surface area contributed by atoms with Gasteiger partial charge in [0.25, 0.3) is 5.24 Å². The van der Waals surface area contributed by atoms with Crippen molar-refractivity contribution in [2.24, 2.45) is 0 Å². The van der Waals surface area contributed by atoms with Crippen molar-refractivity contribution in [1.82, 2.24) is 4.90 Å². The number of hydrogen-bond acceptors (Lipinski definition) is 8. The second kappa shape index (κ2) is 33.6. The summed E-state index contributed by atoms with van der Waals surface area (Å²) in [7, 11) is 0. The first-order valence-electron chi connectivity index (χ1n) is 26.1. The summed E-state index contributed by atoms with van der Waals surface area (Å²) in [6.07, 6.45) is -2.29. The maximum absolute atomic E-state index is 13.2. The van der Waals surface area contributed by atoms with E-state index in [9.17, 15) is 37.8 Å². The molecule has 0 heterocycles. The van der Waals surface area contributed by atoms with Gasteiger partial charge in [-0.3, -0.25) is 4.79 Å². The highest BCUT2D eigenvalue weighted by Gasteiger charge is 2.19. The van der Waals surface area contributed by atoms with Crippen LogP contribution in [0, 0.1) is 17.5 Å². The Morgan fingerprint density at radius 2 is 0.863 bits per heavy atom. The first kappa shape index (κ1) is 63.1. The van der Waals surface area contributed by atoms with E-state index in [1.807, 2.05) is 97.1 Å². The van der Waals surface area contributed by atoms with Crippen LogP contribution in [0.1, 0.15) is 58.9 Å². The highest BCUT2D eigenvalue weighted by molar-refractivity contribution is 6.67. The number of aliphatic hydroxyl groups is 2. The SMILES string of the molecule is CCN(CC)CC.O=C(Cl)c1ccc2ccccc2c1.O=C(O)[C@@H](Cc1cccc(F)c1)OCc1ccc2ccccc2c1.O=C(O)[C@H](O)Cc1cccc(F)c1.OC[C@@H](Cc1cccc(F)c1)OCc1ccc2ccccc2c1. The van der Waals surface area contributed by atoms with Gasteiger partial charge in [0.2, 0.25) is 0 Å². The molecule has 9 aromatic rings. The van der Waals surface area contributed by atoms with Crippen molar-refractivity contribution in [1.29, 1.82) is 0 Å². The third kappa shape index (κ3) is 21.8. The van der Waals surface area contributed by atoms with Crippen LogP contribution in [0.3, 0.4) is 0 Å². The number of hydrogen-bond donors (Lipinski definition) is 4. The molecule has 0 aliphatic heterocycles. The second-order valence-electron chi connectivity index (χ2n) is 18.4. The van der Waals surface area contributed by atoms with Crippen molar-refractivity contribution in [2.75, 3.05) is 26.2 Å². The molecule has 4 N–H and O–H groups in total. The molecular weight excluding hydrogens is 1040 g/mol. The first-order valence-corrected chi connectivity index (χ1v) is 26.5. The molecule has 80 heavy (non-hydrogen) atoms. The third-order valence-corrected chi connectivity index (χ3v) is 12.8. The van der Waals surface area contributed by atoms with Gasteiger partial charge in [-0.2, -0.15) is 0 Å². The Hall–Kier alpha value is -7.75. The molecule has 9 rings (SSSR count). The quantitative estimate of drug-likeness (QED) is 0.0576. The summed E-state index contributed by atoms with van der Waals surface area (Å²) in [5.74, 6) is -3.45. The number of fused-ring (bicyclic) bond motifs is 3. The zero-order valence-corrected chi connectivity index (χ0v) is 45.7. The van der Waals surface area contributed by atoms with Gasteiger partial charge in [0.1, 0.15) is 17.5 Å². The summed E-state index contributed by atoms with van der Waals surface area (Å²) >= 11 is 5.36. The number of rotatable bonds is 19. The summed E-state index contributed by atoms with van der Waals surface area (Å²) in [6, 6.07) is 59.2. The molecule has 0 spiro atoms. The molecule has 0 saturated carbocycles.